The number of hydrogen-bond donors (Lipinski definition) is 1. The van der Waals surface area contributed by atoms with Crippen LogP contribution in [-0.4, -0.2) is 30.5 Å². The molecule has 1 aromatic heterocycles. The van der Waals surface area contributed by atoms with Crippen molar-refractivity contribution in [3.8, 4) is 0 Å². The minimum Gasteiger partial charge on any atom is -0.306 e. The SMILES string of the molecule is CC1CCNC(C(=O)N(C)c2ccccn2)C1. The molecular formula is C13H19N3O. The minimum absolute atomic E-state index is 0.0641. The van der Waals surface area contributed by atoms with Gasteiger partial charge in [0.1, 0.15) is 5.82 Å². The van der Waals surface area contributed by atoms with E-state index in [1.54, 1.807) is 18.1 Å². The Kier molecular flexibility index (Phi) is 3.74. The fourth-order valence-electron chi connectivity index (χ4n) is 2.19. The Labute approximate surface area is 102 Å². The summed E-state index contributed by atoms with van der Waals surface area (Å²) < 4.78 is 0. The molecule has 2 unspecified atom stereocenters. The van der Waals surface area contributed by atoms with Crippen molar-refractivity contribution < 1.29 is 4.79 Å². The molecular weight excluding hydrogens is 214 g/mol. The summed E-state index contributed by atoms with van der Waals surface area (Å²) in [5, 5.41) is 3.28. The Morgan fingerprint density at radius 3 is 3.00 bits per heavy atom. The lowest BCUT2D eigenvalue weighted by Gasteiger charge is -2.30. The Morgan fingerprint density at radius 2 is 2.35 bits per heavy atom. The highest BCUT2D eigenvalue weighted by atomic mass is 16.2. The Bertz CT molecular complexity index is 380. The third-order valence-corrected chi connectivity index (χ3v) is 3.29. The number of rotatable bonds is 2. The van der Waals surface area contributed by atoms with Gasteiger partial charge in [0.2, 0.25) is 5.91 Å². The number of nitrogens with zero attached hydrogens (tertiary/aromatic N) is 2. The van der Waals surface area contributed by atoms with E-state index in [9.17, 15) is 4.79 Å². The molecule has 17 heavy (non-hydrogen) atoms. The molecule has 4 nitrogen and oxygen atoms in total. The van der Waals surface area contributed by atoms with Crippen LogP contribution in [0.25, 0.3) is 0 Å². The van der Waals surface area contributed by atoms with Gasteiger partial charge in [0, 0.05) is 13.2 Å². The van der Waals surface area contributed by atoms with Crippen molar-refractivity contribution in [2.24, 2.45) is 5.92 Å². The zero-order valence-corrected chi connectivity index (χ0v) is 10.4. The molecule has 1 fully saturated rings. The molecule has 1 aromatic rings. The number of nitrogens with one attached hydrogen (secondary N) is 1. The summed E-state index contributed by atoms with van der Waals surface area (Å²) in [7, 11) is 1.78. The minimum atomic E-state index is -0.0641. The van der Waals surface area contributed by atoms with Crippen LogP contribution < -0.4 is 10.2 Å². The van der Waals surface area contributed by atoms with E-state index in [0.29, 0.717) is 11.7 Å². The molecule has 0 aliphatic carbocycles. The lowest BCUT2D eigenvalue weighted by Crippen LogP contribution is -2.49. The number of amides is 1. The maximum absolute atomic E-state index is 12.3. The van der Waals surface area contributed by atoms with Crippen LogP contribution in [0.15, 0.2) is 24.4 Å². The molecule has 1 amide bonds. The topological polar surface area (TPSA) is 45.2 Å². The fourth-order valence-corrected chi connectivity index (χ4v) is 2.19. The number of anilines is 1. The number of piperidine rings is 1. The maximum Gasteiger partial charge on any atom is 0.245 e. The average Bonchev–Trinajstić information content (AvgIpc) is 2.38. The Morgan fingerprint density at radius 1 is 1.53 bits per heavy atom. The molecule has 0 radical (unpaired) electrons. The van der Waals surface area contributed by atoms with Crippen molar-refractivity contribution in [2.75, 3.05) is 18.5 Å². The first kappa shape index (κ1) is 12.0. The average molecular weight is 233 g/mol. The van der Waals surface area contributed by atoms with E-state index in [-0.39, 0.29) is 11.9 Å². The van der Waals surface area contributed by atoms with Gasteiger partial charge in [-0.2, -0.15) is 0 Å². The van der Waals surface area contributed by atoms with E-state index in [0.717, 1.165) is 19.4 Å². The monoisotopic (exact) mass is 233 g/mol. The molecule has 1 saturated heterocycles. The molecule has 0 spiro atoms. The number of hydrogen-bond acceptors (Lipinski definition) is 3. The highest BCUT2D eigenvalue weighted by Crippen LogP contribution is 2.18. The lowest BCUT2D eigenvalue weighted by molar-refractivity contribution is -0.121. The number of pyridine rings is 1. The summed E-state index contributed by atoms with van der Waals surface area (Å²) in [5.74, 6) is 1.43. The van der Waals surface area contributed by atoms with Gasteiger partial charge in [0.15, 0.2) is 0 Å². The molecule has 92 valence electrons. The Balaban J connectivity index is 2.04. The molecule has 0 aromatic carbocycles. The van der Waals surface area contributed by atoms with Crippen molar-refractivity contribution in [1.29, 1.82) is 0 Å². The van der Waals surface area contributed by atoms with Crippen LogP contribution in [-0.2, 0) is 4.79 Å². The smallest absolute Gasteiger partial charge is 0.245 e. The van der Waals surface area contributed by atoms with Crippen LogP contribution in [0.3, 0.4) is 0 Å². The zero-order valence-electron chi connectivity index (χ0n) is 10.4. The zero-order chi connectivity index (χ0) is 12.3. The van der Waals surface area contributed by atoms with Gasteiger partial charge in [-0.05, 0) is 37.4 Å². The number of carbonyl (C=O) groups excluding carboxylic acids is 1. The summed E-state index contributed by atoms with van der Waals surface area (Å²) in [6.45, 7) is 3.12. The van der Waals surface area contributed by atoms with Gasteiger partial charge >= 0.3 is 0 Å². The number of aromatic nitrogens is 1. The largest absolute Gasteiger partial charge is 0.306 e. The highest BCUT2D eigenvalue weighted by Gasteiger charge is 2.27. The van der Waals surface area contributed by atoms with Crippen LogP contribution in [0, 0.1) is 5.92 Å². The van der Waals surface area contributed by atoms with Crippen molar-refractivity contribution in [2.45, 2.75) is 25.8 Å². The van der Waals surface area contributed by atoms with Gasteiger partial charge in [-0.3, -0.25) is 9.69 Å². The molecule has 1 aliphatic rings. The summed E-state index contributed by atoms with van der Waals surface area (Å²) in [6, 6.07) is 5.53. The van der Waals surface area contributed by atoms with Crippen LogP contribution in [0.2, 0.25) is 0 Å². The summed E-state index contributed by atoms with van der Waals surface area (Å²) >= 11 is 0. The van der Waals surface area contributed by atoms with Gasteiger partial charge in [-0.15, -0.1) is 0 Å². The van der Waals surface area contributed by atoms with Crippen LogP contribution >= 0.6 is 0 Å². The van der Waals surface area contributed by atoms with E-state index >= 15 is 0 Å². The van der Waals surface area contributed by atoms with E-state index in [1.165, 1.54) is 0 Å². The van der Waals surface area contributed by atoms with Crippen molar-refractivity contribution in [3.05, 3.63) is 24.4 Å². The van der Waals surface area contributed by atoms with E-state index in [1.807, 2.05) is 18.2 Å². The second-order valence-electron chi connectivity index (χ2n) is 4.72. The van der Waals surface area contributed by atoms with Gasteiger partial charge in [0.05, 0.1) is 6.04 Å². The molecule has 2 rings (SSSR count). The second-order valence-corrected chi connectivity index (χ2v) is 4.72. The third-order valence-electron chi connectivity index (χ3n) is 3.29. The molecule has 2 atom stereocenters. The van der Waals surface area contributed by atoms with E-state index in [2.05, 4.69) is 17.2 Å². The lowest BCUT2D eigenvalue weighted by atomic mass is 9.93. The predicted octanol–water partition coefficient (Wildman–Crippen LogP) is 1.43. The van der Waals surface area contributed by atoms with Crippen molar-refractivity contribution in [3.63, 3.8) is 0 Å². The predicted molar refractivity (Wildman–Crippen MR) is 67.8 cm³/mol. The molecule has 2 heterocycles. The first-order valence-corrected chi connectivity index (χ1v) is 6.10. The van der Waals surface area contributed by atoms with Gasteiger partial charge < -0.3 is 5.32 Å². The highest BCUT2D eigenvalue weighted by molar-refractivity contribution is 5.95. The second kappa shape index (κ2) is 5.27. The summed E-state index contributed by atoms with van der Waals surface area (Å²) in [5.41, 5.74) is 0. The molecule has 1 N–H and O–H groups in total. The maximum atomic E-state index is 12.3. The van der Waals surface area contributed by atoms with Gasteiger partial charge in [-0.1, -0.05) is 13.0 Å². The van der Waals surface area contributed by atoms with E-state index < -0.39 is 0 Å². The summed E-state index contributed by atoms with van der Waals surface area (Å²) in [4.78, 5) is 18.1. The van der Waals surface area contributed by atoms with Crippen molar-refractivity contribution in [1.82, 2.24) is 10.3 Å². The molecule has 0 bridgehead atoms. The van der Waals surface area contributed by atoms with Gasteiger partial charge in [0.25, 0.3) is 0 Å². The molecule has 0 saturated carbocycles. The fraction of sp³-hybridized carbons (Fsp3) is 0.538. The standard InChI is InChI=1S/C13H19N3O/c1-10-6-8-14-11(9-10)13(17)16(2)12-5-3-4-7-15-12/h3-5,7,10-11,14H,6,8-9H2,1-2H3. The van der Waals surface area contributed by atoms with Crippen molar-refractivity contribution >= 4 is 11.7 Å². The first-order chi connectivity index (χ1) is 8.18. The van der Waals surface area contributed by atoms with Crippen LogP contribution in [0.1, 0.15) is 19.8 Å². The number of carbonyl (C=O) groups is 1. The van der Waals surface area contributed by atoms with E-state index in [4.69, 9.17) is 0 Å². The molecule has 1 aliphatic heterocycles. The first-order valence-electron chi connectivity index (χ1n) is 6.10. The Hall–Kier alpha value is -1.42. The third kappa shape index (κ3) is 2.82. The quantitative estimate of drug-likeness (QED) is 0.840. The normalized spacial score (nSPS) is 24.4. The number of likely N-dealkylation sites (N-methyl/N-ethyl adjacent to an activating group) is 1. The molecule has 4 heteroatoms. The summed E-state index contributed by atoms with van der Waals surface area (Å²) in [6.07, 6.45) is 3.77. The van der Waals surface area contributed by atoms with Crippen LogP contribution in [0.4, 0.5) is 5.82 Å². The van der Waals surface area contributed by atoms with Gasteiger partial charge in [-0.25, -0.2) is 4.98 Å². The van der Waals surface area contributed by atoms with Crippen LogP contribution in [0.5, 0.6) is 0 Å².